The Morgan fingerprint density at radius 3 is 1.94 bits per heavy atom. The minimum absolute atomic E-state index is 0.0401. The van der Waals surface area contributed by atoms with Crippen molar-refractivity contribution in [1.29, 1.82) is 0 Å². The summed E-state index contributed by atoms with van der Waals surface area (Å²) in [6, 6.07) is 19.5. The second-order valence-corrected chi connectivity index (χ2v) is 8.40. The number of nitrogens with zero attached hydrogens (tertiary/aromatic N) is 2. The standard InChI is InChI=1S/C26H21F3N2O2/c27-26(28,29)18-11-9-17(10-12-18)15-30(19-13-14-19)24(32)16-31-22-7-3-1-5-20(22)25(33)21-6-2-4-8-23(21)31/h1-12,19H,13-16H2. The number of pyridine rings is 1. The zero-order chi connectivity index (χ0) is 23.2. The van der Waals surface area contributed by atoms with Gasteiger partial charge in [0.15, 0.2) is 5.43 Å². The van der Waals surface area contributed by atoms with Gasteiger partial charge in [-0.2, -0.15) is 13.2 Å². The number of hydrogen-bond donors (Lipinski definition) is 0. The van der Waals surface area contributed by atoms with Gasteiger partial charge in [0, 0.05) is 23.4 Å². The van der Waals surface area contributed by atoms with Crippen LogP contribution < -0.4 is 5.43 Å². The van der Waals surface area contributed by atoms with Crippen molar-refractivity contribution >= 4 is 27.7 Å². The van der Waals surface area contributed by atoms with Crippen molar-refractivity contribution in [3.63, 3.8) is 0 Å². The van der Waals surface area contributed by atoms with Crippen LogP contribution in [0.2, 0.25) is 0 Å². The summed E-state index contributed by atoms with van der Waals surface area (Å²) in [4.78, 5) is 28.1. The fourth-order valence-corrected chi connectivity index (χ4v) is 4.28. The molecule has 1 aliphatic rings. The van der Waals surface area contributed by atoms with Crippen molar-refractivity contribution < 1.29 is 18.0 Å². The normalized spacial score (nSPS) is 14.0. The number of fused-ring (bicyclic) bond motifs is 2. The quantitative estimate of drug-likeness (QED) is 0.384. The fraction of sp³-hybridized carbons (Fsp3) is 0.231. The first-order valence-corrected chi connectivity index (χ1v) is 10.8. The third-order valence-corrected chi connectivity index (χ3v) is 6.11. The third-order valence-electron chi connectivity index (χ3n) is 6.11. The monoisotopic (exact) mass is 450 g/mol. The zero-order valence-electron chi connectivity index (χ0n) is 17.7. The van der Waals surface area contributed by atoms with Gasteiger partial charge in [-0.25, -0.2) is 0 Å². The Hall–Kier alpha value is -3.61. The van der Waals surface area contributed by atoms with E-state index in [1.54, 1.807) is 29.2 Å². The molecule has 0 spiro atoms. The van der Waals surface area contributed by atoms with Crippen molar-refractivity contribution in [2.45, 2.75) is 38.1 Å². The molecule has 3 aromatic carbocycles. The van der Waals surface area contributed by atoms with Gasteiger partial charge in [0.2, 0.25) is 5.91 Å². The molecule has 1 fully saturated rings. The minimum atomic E-state index is -4.39. The lowest BCUT2D eigenvalue weighted by Crippen LogP contribution is -2.35. The number of rotatable bonds is 5. The van der Waals surface area contributed by atoms with Gasteiger partial charge in [0.1, 0.15) is 6.54 Å². The molecule has 4 aromatic rings. The van der Waals surface area contributed by atoms with Crippen molar-refractivity contribution in [1.82, 2.24) is 9.47 Å². The molecule has 1 heterocycles. The van der Waals surface area contributed by atoms with Crippen molar-refractivity contribution in [2.24, 2.45) is 0 Å². The van der Waals surface area contributed by atoms with Crippen LogP contribution in [0.25, 0.3) is 21.8 Å². The molecular formula is C26H21F3N2O2. The Kier molecular flexibility index (Phi) is 5.19. The molecule has 0 N–H and O–H groups in total. The van der Waals surface area contributed by atoms with Crippen LogP contribution in [0.4, 0.5) is 13.2 Å². The summed E-state index contributed by atoms with van der Waals surface area (Å²) in [5.74, 6) is -0.128. The van der Waals surface area contributed by atoms with E-state index >= 15 is 0 Å². The first-order valence-electron chi connectivity index (χ1n) is 10.8. The van der Waals surface area contributed by atoms with Crippen molar-refractivity contribution in [3.05, 3.63) is 94.1 Å². The van der Waals surface area contributed by atoms with Gasteiger partial charge >= 0.3 is 6.18 Å². The van der Waals surface area contributed by atoms with Crippen LogP contribution in [0.5, 0.6) is 0 Å². The first-order chi connectivity index (χ1) is 15.8. The second kappa shape index (κ2) is 8.06. The summed E-state index contributed by atoms with van der Waals surface area (Å²) in [5, 5.41) is 1.09. The highest BCUT2D eigenvalue weighted by Gasteiger charge is 2.33. The van der Waals surface area contributed by atoms with E-state index in [0.717, 1.165) is 25.0 Å². The van der Waals surface area contributed by atoms with Gasteiger partial charge < -0.3 is 9.47 Å². The molecule has 5 rings (SSSR count). The van der Waals surface area contributed by atoms with Gasteiger partial charge in [-0.3, -0.25) is 9.59 Å². The zero-order valence-corrected chi connectivity index (χ0v) is 17.7. The Labute approximate surface area is 187 Å². The molecule has 0 radical (unpaired) electrons. The van der Waals surface area contributed by atoms with Gasteiger partial charge in [-0.15, -0.1) is 0 Å². The molecule has 7 heteroatoms. The van der Waals surface area contributed by atoms with Crippen LogP contribution in [0.15, 0.2) is 77.6 Å². The van der Waals surface area contributed by atoms with Crippen molar-refractivity contribution in [2.75, 3.05) is 0 Å². The molecule has 0 unspecified atom stereocenters. The lowest BCUT2D eigenvalue weighted by molar-refractivity contribution is -0.137. The van der Waals surface area contributed by atoms with Crippen LogP contribution in [0.1, 0.15) is 24.0 Å². The fourth-order valence-electron chi connectivity index (χ4n) is 4.28. The van der Waals surface area contributed by atoms with Gasteiger partial charge in [-0.1, -0.05) is 36.4 Å². The molecule has 0 aliphatic heterocycles. The molecule has 1 amide bonds. The van der Waals surface area contributed by atoms with Crippen LogP contribution in [0.3, 0.4) is 0 Å². The summed E-state index contributed by atoms with van der Waals surface area (Å²) < 4.78 is 40.5. The van der Waals surface area contributed by atoms with Gasteiger partial charge in [0.05, 0.1) is 16.6 Å². The number of halogens is 3. The molecule has 0 bridgehead atoms. The maximum Gasteiger partial charge on any atom is 0.416 e. The van der Waals surface area contributed by atoms with E-state index in [9.17, 15) is 22.8 Å². The molecule has 33 heavy (non-hydrogen) atoms. The van der Waals surface area contributed by atoms with Crippen LogP contribution >= 0.6 is 0 Å². The Balaban J connectivity index is 1.49. The number of para-hydroxylation sites is 2. The summed E-state index contributed by atoms with van der Waals surface area (Å²) in [6.07, 6.45) is -2.65. The van der Waals surface area contributed by atoms with Gasteiger partial charge in [0.25, 0.3) is 0 Å². The number of carbonyl (C=O) groups is 1. The molecule has 4 nitrogen and oxygen atoms in total. The van der Waals surface area contributed by atoms with Crippen molar-refractivity contribution in [3.8, 4) is 0 Å². The molecular weight excluding hydrogens is 429 g/mol. The van der Waals surface area contributed by atoms with Crippen LogP contribution in [0, 0.1) is 0 Å². The summed E-state index contributed by atoms with van der Waals surface area (Å²) >= 11 is 0. The molecule has 1 aromatic heterocycles. The maximum atomic E-state index is 13.4. The predicted molar refractivity (Wildman–Crippen MR) is 121 cm³/mol. The van der Waals surface area contributed by atoms with E-state index in [0.29, 0.717) is 27.4 Å². The second-order valence-electron chi connectivity index (χ2n) is 8.40. The topological polar surface area (TPSA) is 42.3 Å². The highest BCUT2D eigenvalue weighted by atomic mass is 19.4. The van der Waals surface area contributed by atoms with E-state index < -0.39 is 11.7 Å². The third kappa shape index (κ3) is 4.11. The average Bonchev–Trinajstić information content (AvgIpc) is 3.65. The van der Waals surface area contributed by atoms with Crippen LogP contribution in [-0.2, 0) is 24.1 Å². The number of benzene rings is 3. The van der Waals surface area contributed by atoms with Crippen LogP contribution in [-0.4, -0.2) is 21.4 Å². The number of alkyl halides is 3. The van der Waals surface area contributed by atoms with E-state index in [1.807, 2.05) is 28.8 Å². The summed E-state index contributed by atoms with van der Waals surface area (Å²) in [5.41, 5.74) is 1.23. The lowest BCUT2D eigenvalue weighted by Gasteiger charge is -2.24. The highest BCUT2D eigenvalue weighted by Crippen LogP contribution is 2.32. The first kappa shape index (κ1) is 21.2. The average molecular weight is 450 g/mol. The number of amides is 1. The van der Waals surface area contributed by atoms with Gasteiger partial charge in [-0.05, 0) is 54.8 Å². The Bertz CT molecular complexity index is 1340. The molecule has 168 valence electrons. The predicted octanol–water partition coefficient (Wildman–Crippen LogP) is 5.36. The molecule has 1 aliphatic carbocycles. The largest absolute Gasteiger partial charge is 0.416 e. The number of aromatic nitrogens is 1. The smallest absolute Gasteiger partial charge is 0.334 e. The van der Waals surface area contributed by atoms with E-state index in [4.69, 9.17) is 0 Å². The Morgan fingerprint density at radius 1 is 0.879 bits per heavy atom. The molecule has 0 saturated heterocycles. The summed E-state index contributed by atoms with van der Waals surface area (Å²) in [7, 11) is 0. The summed E-state index contributed by atoms with van der Waals surface area (Å²) in [6.45, 7) is 0.288. The van der Waals surface area contributed by atoms with E-state index in [-0.39, 0.29) is 30.5 Å². The Morgan fingerprint density at radius 2 is 1.42 bits per heavy atom. The maximum absolute atomic E-state index is 13.4. The number of carbonyl (C=O) groups excluding carboxylic acids is 1. The highest BCUT2D eigenvalue weighted by molar-refractivity contribution is 5.94. The molecule has 0 atom stereocenters. The SMILES string of the molecule is O=C(Cn1c2ccccc2c(=O)c2ccccc21)N(Cc1ccc(C(F)(F)F)cc1)C1CC1. The van der Waals surface area contributed by atoms with E-state index in [2.05, 4.69) is 0 Å². The number of hydrogen-bond acceptors (Lipinski definition) is 2. The lowest BCUT2D eigenvalue weighted by atomic mass is 10.1. The van der Waals surface area contributed by atoms with E-state index in [1.165, 1.54) is 12.1 Å². The minimum Gasteiger partial charge on any atom is -0.334 e. The molecule has 1 saturated carbocycles.